The Balaban J connectivity index is 2.27. The summed E-state index contributed by atoms with van der Waals surface area (Å²) in [5.41, 5.74) is 1.90. The van der Waals surface area contributed by atoms with Gasteiger partial charge >= 0.3 is 5.97 Å². The number of rotatable bonds is 5. The molecule has 0 saturated heterocycles. The van der Waals surface area contributed by atoms with Crippen LogP contribution in [0.1, 0.15) is 33.8 Å². The maximum atomic E-state index is 12.3. The second-order valence-corrected chi connectivity index (χ2v) is 7.27. The molecule has 7 heteroatoms. The van der Waals surface area contributed by atoms with Crippen LogP contribution >= 0.6 is 11.3 Å². The summed E-state index contributed by atoms with van der Waals surface area (Å²) in [5.74, 6) is -1.24. The van der Waals surface area contributed by atoms with Crippen molar-refractivity contribution in [3.8, 4) is 0 Å². The Morgan fingerprint density at radius 1 is 1.24 bits per heavy atom. The highest BCUT2D eigenvalue weighted by atomic mass is 32.2. The quantitative estimate of drug-likeness (QED) is 0.885. The van der Waals surface area contributed by atoms with E-state index in [1.807, 2.05) is 31.2 Å². The van der Waals surface area contributed by atoms with Crippen molar-refractivity contribution in [1.82, 2.24) is 4.72 Å². The highest BCUT2D eigenvalue weighted by Crippen LogP contribution is 2.24. The Bertz CT molecular complexity index is 748. The number of hydrogen-bond acceptors (Lipinski definition) is 4. The molecule has 5 nitrogen and oxygen atoms in total. The number of benzene rings is 1. The van der Waals surface area contributed by atoms with Gasteiger partial charge in [-0.15, -0.1) is 11.3 Å². The van der Waals surface area contributed by atoms with Gasteiger partial charge in [-0.05, 0) is 30.9 Å². The summed E-state index contributed by atoms with van der Waals surface area (Å²) in [4.78, 5) is 10.7. The average molecular weight is 325 g/mol. The van der Waals surface area contributed by atoms with Gasteiger partial charge in [0.05, 0.1) is 0 Å². The molecule has 0 unspecified atom stereocenters. The first-order valence-corrected chi connectivity index (χ1v) is 8.57. The SMILES string of the molecule is Cc1ccc([C@@H](C)NS(=O)(=O)c2ccsc2C(=O)O)cc1. The Kier molecular flexibility index (Phi) is 4.46. The predicted molar refractivity (Wildman–Crippen MR) is 81.2 cm³/mol. The zero-order valence-electron chi connectivity index (χ0n) is 11.5. The highest BCUT2D eigenvalue weighted by Gasteiger charge is 2.25. The molecule has 21 heavy (non-hydrogen) atoms. The minimum Gasteiger partial charge on any atom is -0.477 e. The van der Waals surface area contributed by atoms with Gasteiger partial charge in [-0.3, -0.25) is 0 Å². The molecule has 0 aliphatic rings. The van der Waals surface area contributed by atoms with E-state index in [-0.39, 0.29) is 9.77 Å². The van der Waals surface area contributed by atoms with E-state index in [1.54, 1.807) is 6.92 Å². The molecule has 112 valence electrons. The summed E-state index contributed by atoms with van der Waals surface area (Å²) >= 11 is 0.891. The Morgan fingerprint density at radius 2 is 1.86 bits per heavy atom. The number of carbonyl (C=O) groups is 1. The third-order valence-corrected chi connectivity index (χ3v) is 5.64. The topological polar surface area (TPSA) is 83.5 Å². The molecule has 0 radical (unpaired) electrons. The lowest BCUT2D eigenvalue weighted by atomic mass is 10.1. The van der Waals surface area contributed by atoms with Crippen molar-refractivity contribution >= 4 is 27.3 Å². The van der Waals surface area contributed by atoms with E-state index in [1.165, 1.54) is 11.4 Å². The minimum atomic E-state index is -3.87. The van der Waals surface area contributed by atoms with E-state index in [2.05, 4.69) is 4.72 Å². The Labute approximate surface area is 127 Å². The second kappa shape index (κ2) is 5.97. The van der Waals surface area contributed by atoms with Crippen LogP contribution in [-0.4, -0.2) is 19.5 Å². The lowest BCUT2D eigenvalue weighted by Crippen LogP contribution is -2.27. The summed E-state index contributed by atoms with van der Waals surface area (Å²) < 4.78 is 27.1. The number of sulfonamides is 1. The van der Waals surface area contributed by atoms with Crippen molar-refractivity contribution < 1.29 is 18.3 Å². The monoisotopic (exact) mass is 325 g/mol. The van der Waals surface area contributed by atoms with E-state index in [4.69, 9.17) is 5.11 Å². The molecule has 0 saturated carbocycles. The number of aromatic carboxylic acids is 1. The van der Waals surface area contributed by atoms with Gasteiger partial charge in [0.2, 0.25) is 10.0 Å². The third-order valence-electron chi connectivity index (χ3n) is 3.02. The largest absolute Gasteiger partial charge is 0.477 e. The maximum Gasteiger partial charge on any atom is 0.347 e. The fraction of sp³-hybridized carbons (Fsp3) is 0.214. The Morgan fingerprint density at radius 3 is 2.43 bits per heavy atom. The molecule has 0 spiro atoms. The molecule has 0 bridgehead atoms. The number of hydrogen-bond donors (Lipinski definition) is 2. The number of aryl methyl sites for hydroxylation is 1. The Hall–Kier alpha value is -1.70. The van der Waals surface area contributed by atoms with Crippen LogP contribution in [0.15, 0.2) is 40.6 Å². The fourth-order valence-corrected chi connectivity index (χ4v) is 4.38. The van der Waals surface area contributed by atoms with Crippen molar-refractivity contribution in [2.75, 3.05) is 0 Å². The van der Waals surface area contributed by atoms with Crippen molar-refractivity contribution in [2.24, 2.45) is 0 Å². The lowest BCUT2D eigenvalue weighted by molar-refractivity contribution is 0.0698. The number of nitrogens with one attached hydrogen (secondary N) is 1. The molecule has 0 amide bonds. The number of carboxylic acid groups (broad SMARTS) is 1. The fourth-order valence-electron chi connectivity index (χ4n) is 1.88. The molecule has 0 fully saturated rings. The van der Waals surface area contributed by atoms with Crippen LogP contribution in [-0.2, 0) is 10.0 Å². The van der Waals surface area contributed by atoms with E-state index in [9.17, 15) is 13.2 Å². The summed E-state index contributed by atoms with van der Waals surface area (Å²) in [6.07, 6.45) is 0. The standard InChI is InChI=1S/C14H15NO4S2/c1-9-3-5-11(6-4-9)10(2)15-21(18,19)12-7-8-20-13(12)14(16)17/h3-8,10,15H,1-2H3,(H,16,17)/t10-/m1/s1. The van der Waals surface area contributed by atoms with Crippen molar-refractivity contribution in [1.29, 1.82) is 0 Å². The summed E-state index contributed by atoms with van der Waals surface area (Å²) in [6.45, 7) is 3.66. The first-order chi connectivity index (χ1) is 9.81. The van der Waals surface area contributed by atoms with Crippen molar-refractivity contribution in [3.63, 3.8) is 0 Å². The molecular formula is C14H15NO4S2. The summed E-state index contributed by atoms with van der Waals surface area (Å²) in [5, 5.41) is 10.5. The van der Waals surface area contributed by atoms with Gasteiger partial charge in [0, 0.05) is 6.04 Å². The summed E-state index contributed by atoms with van der Waals surface area (Å²) in [7, 11) is -3.87. The molecule has 1 heterocycles. The smallest absolute Gasteiger partial charge is 0.347 e. The van der Waals surface area contributed by atoms with Crippen LogP contribution in [0.4, 0.5) is 0 Å². The summed E-state index contributed by atoms with van der Waals surface area (Å²) in [6, 6.07) is 8.33. The minimum absolute atomic E-state index is 0.182. The molecule has 1 aromatic carbocycles. The van der Waals surface area contributed by atoms with Crippen molar-refractivity contribution in [2.45, 2.75) is 24.8 Å². The van der Waals surface area contributed by atoms with E-state index >= 15 is 0 Å². The molecule has 2 N–H and O–H groups in total. The maximum absolute atomic E-state index is 12.3. The molecule has 2 rings (SSSR count). The van der Waals surface area contributed by atoms with Gasteiger partial charge in [-0.1, -0.05) is 29.8 Å². The van der Waals surface area contributed by atoms with Crippen LogP contribution in [0.2, 0.25) is 0 Å². The number of carboxylic acids is 1. The lowest BCUT2D eigenvalue weighted by Gasteiger charge is -2.14. The van der Waals surface area contributed by atoms with Gasteiger partial charge in [-0.25, -0.2) is 17.9 Å². The van der Waals surface area contributed by atoms with Gasteiger partial charge in [0.25, 0.3) is 0 Å². The zero-order valence-corrected chi connectivity index (χ0v) is 13.2. The first-order valence-electron chi connectivity index (χ1n) is 6.21. The first kappa shape index (κ1) is 15.7. The highest BCUT2D eigenvalue weighted by molar-refractivity contribution is 7.89. The van der Waals surface area contributed by atoms with E-state index in [0.29, 0.717) is 0 Å². The third kappa shape index (κ3) is 3.49. The van der Waals surface area contributed by atoms with Crippen LogP contribution < -0.4 is 4.72 Å². The van der Waals surface area contributed by atoms with Crippen molar-refractivity contribution in [3.05, 3.63) is 51.7 Å². The second-order valence-electron chi connectivity index (χ2n) is 4.67. The van der Waals surface area contributed by atoms with E-state index in [0.717, 1.165) is 22.5 Å². The average Bonchev–Trinajstić information content (AvgIpc) is 2.89. The van der Waals surface area contributed by atoms with E-state index < -0.39 is 22.0 Å². The predicted octanol–water partition coefficient (Wildman–Crippen LogP) is 2.79. The van der Waals surface area contributed by atoms with Gasteiger partial charge in [0.15, 0.2) is 0 Å². The number of thiophene rings is 1. The molecule has 1 aromatic heterocycles. The molecule has 2 aromatic rings. The van der Waals surface area contributed by atoms with Gasteiger partial charge < -0.3 is 5.11 Å². The van der Waals surface area contributed by atoms with Crippen LogP contribution in [0.3, 0.4) is 0 Å². The normalized spacial score (nSPS) is 13.0. The molecule has 0 aliphatic heterocycles. The van der Waals surface area contributed by atoms with Crippen LogP contribution in [0.5, 0.6) is 0 Å². The van der Waals surface area contributed by atoms with Gasteiger partial charge in [-0.2, -0.15) is 0 Å². The molecule has 1 atom stereocenters. The molecular weight excluding hydrogens is 310 g/mol. The molecule has 0 aliphatic carbocycles. The van der Waals surface area contributed by atoms with Gasteiger partial charge in [0.1, 0.15) is 9.77 Å². The van der Waals surface area contributed by atoms with Crippen LogP contribution in [0, 0.1) is 6.92 Å². The zero-order chi connectivity index (χ0) is 15.6. The van der Waals surface area contributed by atoms with Crippen LogP contribution in [0.25, 0.3) is 0 Å².